The zero-order valence-electron chi connectivity index (χ0n) is 16.4. The first kappa shape index (κ1) is 19.8. The number of nitrogens with zero attached hydrogens (tertiary/aromatic N) is 1. The summed E-state index contributed by atoms with van der Waals surface area (Å²) >= 11 is 0. The second-order valence-electron chi connectivity index (χ2n) is 7.15. The number of amides is 1. The highest BCUT2D eigenvalue weighted by Gasteiger charge is 2.17. The Bertz CT molecular complexity index is 738. The first-order valence-corrected chi connectivity index (χ1v) is 8.99. The number of hydrogen-bond acceptors (Lipinski definition) is 4. The van der Waals surface area contributed by atoms with Gasteiger partial charge >= 0.3 is 0 Å². The molecule has 26 heavy (non-hydrogen) atoms. The molecule has 0 saturated heterocycles. The van der Waals surface area contributed by atoms with Gasteiger partial charge in [0.2, 0.25) is 0 Å². The number of benzene rings is 1. The Kier molecular flexibility index (Phi) is 6.66. The third-order valence-corrected chi connectivity index (χ3v) is 3.89. The summed E-state index contributed by atoms with van der Waals surface area (Å²) in [5.74, 6) is 1.64. The molecule has 0 fully saturated rings. The van der Waals surface area contributed by atoms with Crippen LogP contribution in [-0.4, -0.2) is 29.3 Å². The molecule has 142 valence electrons. The Balaban J connectivity index is 2.07. The van der Waals surface area contributed by atoms with Gasteiger partial charge in [0, 0.05) is 5.69 Å². The SMILES string of the molecule is COc1cc(C(C)NC(=O)c2cc(CC(C)C)[nH]n2)ccc1OC(C)C. The number of methoxy groups -OCH3 is 1. The van der Waals surface area contributed by atoms with Crippen LogP contribution in [0.1, 0.15) is 62.4 Å². The molecule has 2 rings (SSSR count). The number of carbonyl (C=O) groups excluding carboxylic acids is 1. The smallest absolute Gasteiger partial charge is 0.272 e. The fraction of sp³-hybridized carbons (Fsp3) is 0.500. The average Bonchev–Trinajstić information content (AvgIpc) is 3.02. The molecule has 1 aromatic carbocycles. The van der Waals surface area contributed by atoms with Crippen LogP contribution in [0.15, 0.2) is 24.3 Å². The van der Waals surface area contributed by atoms with Gasteiger partial charge in [-0.15, -0.1) is 0 Å². The van der Waals surface area contributed by atoms with Gasteiger partial charge in [0.15, 0.2) is 11.5 Å². The number of hydrogen-bond donors (Lipinski definition) is 2. The van der Waals surface area contributed by atoms with Gasteiger partial charge in [0.25, 0.3) is 5.91 Å². The maximum atomic E-state index is 12.4. The monoisotopic (exact) mass is 359 g/mol. The number of nitrogens with one attached hydrogen (secondary N) is 2. The van der Waals surface area contributed by atoms with E-state index in [1.807, 2.05) is 45.0 Å². The maximum Gasteiger partial charge on any atom is 0.272 e. The van der Waals surface area contributed by atoms with Crippen molar-refractivity contribution < 1.29 is 14.3 Å². The molecule has 1 unspecified atom stereocenters. The molecule has 2 N–H and O–H groups in total. The van der Waals surface area contributed by atoms with E-state index in [0.717, 1.165) is 17.7 Å². The van der Waals surface area contributed by atoms with Crippen molar-refractivity contribution >= 4 is 5.91 Å². The van der Waals surface area contributed by atoms with Crippen LogP contribution in [0.25, 0.3) is 0 Å². The van der Waals surface area contributed by atoms with Crippen molar-refractivity contribution in [1.29, 1.82) is 0 Å². The van der Waals surface area contributed by atoms with E-state index < -0.39 is 0 Å². The summed E-state index contributed by atoms with van der Waals surface area (Å²) < 4.78 is 11.1. The summed E-state index contributed by atoms with van der Waals surface area (Å²) in [5, 5.41) is 10.0. The summed E-state index contributed by atoms with van der Waals surface area (Å²) in [4.78, 5) is 12.4. The Morgan fingerprint density at radius 2 is 1.88 bits per heavy atom. The maximum absolute atomic E-state index is 12.4. The Morgan fingerprint density at radius 1 is 1.15 bits per heavy atom. The zero-order chi connectivity index (χ0) is 19.3. The number of aromatic amines is 1. The minimum Gasteiger partial charge on any atom is -0.493 e. The number of ether oxygens (including phenoxy) is 2. The minimum atomic E-state index is -0.203. The van der Waals surface area contributed by atoms with Crippen LogP contribution in [0.5, 0.6) is 11.5 Å². The topological polar surface area (TPSA) is 76.2 Å². The highest BCUT2D eigenvalue weighted by molar-refractivity contribution is 5.92. The predicted molar refractivity (Wildman–Crippen MR) is 102 cm³/mol. The highest BCUT2D eigenvalue weighted by Crippen LogP contribution is 2.31. The minimum absolute atomic E-state index is 0.0616. The van der Waals surface area contributed by atoms with Crippen molar-refractivity contribution in [2.45, 2.75) is 53.2 Å². The van der Waals surface area contributed by atoms with Crippen LogP contribution in [-0.2, 0) is 6.42 Å². The summed E-state index contributed by atoms with van der Waals surface area (Å²) in [7, 11) is 1.61. The molecule has 0 aliphatic carbocycles. The Morgan fingerprint density at radius 3 is 2.50 bits per heavy atom. The number of carbonyl (C=O) groups is 1. The number of rotatable bonds is 8. The average molecular weight is 359 g/mol. The second kappa shape index (κ2) is 8.74. The van der Waals surface area contributed by atoms with Crippen LogP contribution in [0.4, 0.5) is 0 Å². The van der Waals surface area contributed by atoms with Crippen molar-refractivity contribution in [3.05, 3.63) is 41.2 Å². The zero-order valence-corrected chi connectivity index (χ0v) is 16.4. The largest absolute Gasteiger partial charge is 0.493 e. The van der Waals surface area contributed by atoms with Gasteiger partial charge in [-0.25, -0.2) is 0 Å². The molecular formula is C20H29N3O3. The lowest BCUT2D eigenvalue weighted by atomic mass is 10.1. The van der Waals surface area contributed by atoms with Gasteiger partial charge in [-0.05, 0) is 56.9 Å². The first-order valence-electron chi connectivity index (χ1n) is 8.99. The first-order chi connectivity index (χ1) is 12.3. The van der Waals surface area contributed by atoms with Crippen LogP contribution < -0.4 is 14.8 Å². The molecule has 0 radical (unpaired) electrons. The van der Waals surface area contributed by atoms with E-state index in [0.29, 0.717) is 23.1 Å². The van der Waals surface area contributed by atoms with E-state index in [1.54, 1.807) is 7.11 Å². The summed E-state index contributed by atoms with van der Waals surface area (Å²) in [5.41, 5.74) is 2.30. The molecule has 1 aromatic heterocycles. The summed E-state index contributed by atoms with van der Waals surface area (Å²) in [6.45, 7) is 10.1. The fourth-order valence-corrected chi connectivity index (χ4v) is 2.68. The van der Waals surface area contributed by atoms with Crippen molar-refractivity contribution in [3.8, 4) is 11.5 Å². The van der Waals surface area contributed by atoms with Gasteiger partial charge < -0.3 is 14.8 Å². The molecule has 2 aromatic rings. The van der Waals surface area contributed by atoms with Crippen LogP contribution in [0.2, 0.25) is 0 Å². The van der Waals surface area contributed by atoms with Gasteiger partial charge in [-0.3, -0.25) is 9.89 Å². The molecule has 0 saturated carbocycles. The van der Waals surface area contributed by atoms with Gasteiger partial charge in [-0.2, -0.15) is 5.10 Å². The molecule has 0 aliphatic rings. The molecule has 6 heteroatoms. The lowest BCUT2D eigenvalue weighted by Gasteiger charge is -2.18. The molecule has 0 spiro atoms. The number of H-pyrrole nitrogens is 1. The van der Waals surface area contributed by atoms with Gasteiger partial charge in [-0.1, -0.05) is 19.9 Å². The van der Waals surface area contributed by atoms with Crippen molar-refractivity contribution in [2.75, 3.05) is 7.11 Å². The molecule has 1 atom stereocenters. The van der Waals surface area contributed by atoms with Crippen LogP contribution >= 0.6 is 0 Å². The Hall–Kier alpha value is -2.50. The standard InChI is InChI=1S/C20H29N3O3/c1-12(2)9-16-11-17(23-22-16)20(24)21-14(5)15-7-8-18(26-13(3)4)19(10-15)25-6/h7-8,10-14H,9H2,1-6H3,(H,21,24)(H,22,23). The highest BCUT2D eigenvalue weighted by atomic mass is 16.5. The lowest BCUT2D eigenvalue weighted by molar-refractivity contribution is 0.0934. The molecular weight excluding hydrogens is 330 g/mol. The third-order valence-electron chi connectivity index (χ3n) is 3.89. The fourth-order valence-electron chi connectivity index (χ4n) is 2.68. The van der Waals surface area contributed by atoms with Crippen LogP contribution in [0, 0.1) is 5.92 Å². The van der Waals surface area contributed by atoms with Crippen molar-refractivity contribution in [2.24, 2.45) is 5.92 Å². The van der Waals surface area contributed by atoms with E-state index in [1.165, 1.54) is 0 Å². The summed E-state index contributed by atoms with van der Waals surface area (Å²) in [6.07, 6.45) is 0.927. The van der Waals surface area contributed by atoms with Gasteiger partial charge in [0.05, 0.1) is 19.3 Å². The molecule has 0 aliphatic heterocycles. The molecule has 1 amide bonds. The Labute approximate surface area is 155 Å². The normalized spacial score (nSPS) is 12.3. The van der Waals surface area contributed by atoms with Crippen molar-refractivity contribution in [3.63, 3.8) is 0 Å². The van der Waals surface area contributed by atoms with Crippen molar-refractivity contribution in [1.82, 2.24) is 15.5 Å². The van der Waals surface area contributed by atoms with Gasteiger partial charge in [0.1, 0.15) is 5.69 Å². The quantitative estimate of drug-likeness (QED) is 0.749. The summed E-state index contributed by atoms with van der Waals surface area (Å²) in [6, 6.07) is 7.31. The number of aromatic nitrogens is 2. The molecule has 1 heterocycles. The second-order valence-corrected chi connectivity index (χ2v) is 7.15. The molecule has 6 nitrogen and oxygen atoms in total. The van der Waals surface area contributed by atoms with E-state index in [-0.39, 0.29) is 18.1 Å². The lowest BCUT2D eigenvalue weighted by Crippen LogP contribution is -2.27. The van der Waals surface area contributed by atoms with E-state index in [4.69, 9.17) is 9.47 Å². The molecule has 0 bridgehead atoms. The van der Waals surface area contributed by atoms with Crippen LogP contribution in [0.3, 0.4) is 0 Å². The third kappa shape index (κ3) is 5.25. The van der Waals surface area contributed by atoms with E-state index in [9.17, 15) is 4.79 Å². The van der Waals surface area contributed by atoms with E-state index >= 15 is 0 Å². The predicted octanol–water partition coefficient (Wildman–Crippen LogP) is 3.90. The van der Waals surface area contributed by atoms with E-state index in [2.05, 4.69) is 29.4 Å².